The number of amides is 1. The van der Waals surface area contributed by atoms with Crippen LogP contribution in [0, 0.1) is 0 Å². The monoisotopic (exact) mass is 423 g/mol. The summed E-state index contributed by atoms with van der Waals surface area (Å²) in [6, 6.07) is 5.07. The van der Waals surface area contributed by atoms with Crippen molar-refractivity contribution in [3.63, 3.8) is 0 Å². The number of hydrogen-bond donors (Lipinski definition) is 2. The first kappa shape index (κ1) is 20.2. The smallest absolute Gasteiger partial charge is 0.332 e. The van der Waals surface area contributed by atoms with E-state index in [9.17, 15) is 14.4 Å². The Labute approximate surface area is 175 Å². The average molecular weight is 423 g/mol. The Morgan fingerprint density at radius 3 is 2.90 bits per heavy atom. The van der Waals surface area contributed by atoms with E-state index in [-0.39, 0.29) is 23.6 Å². The Hall–Kier alpha value is -4.08. The highest BCUT2D eigenvalue weighted by Gasteiger charge is 2.15. The number of furan rings is 1. The summed E-state index contributed by atoms with van der Waals surface area (Å²) in [6.45, 7) is 4.20. The zero-order chi connectivity index (χ0) is 22.1. The van der Waals surface area contributed by atoms with Crippen LogP contribution in [0.2, 0.25) is 0 Å². The Morgan fingerprint density at radius 2 is 2.13 bits per heavy atom. The standard InChI is InChI=1S/C21H21N5O5/c1-4-8-30-14-10-12(11-15-13(14)6-9-31-15)19(27)22-7-5-16-23-17-18(24-16)25(2)21(29)26(3)20(17)28/h4,6,9-11H,1,5,7-8H2,2-3H3,(H,22,27)(H,23,24). The van der Waals surface area contributed by atoms with Crippen molar-refractivity contribution >= 4 is 28.0 Å². The SMILES string of the molecule is C=CCOc1cc(C(=O)NCCc2nc3c([nH]2)c(=O)n(C)c(=O)n3C)cc2occc12. The van der Waals surface area contributed by atoms with E-state index in [2.05, 4.69) is 21.9 Å². The molecule has 3 aromatic heterocycles. The lowest BCUT2D eigenvalue weighted by Gasteiger charge is -2.08. The minimum atomic E-state index is -0.452. The van der Waals surface area contributed by atoms with Crippen LogP contribution in [0.3, 0.4) is 0 Å². The third-order valence-electron chi connectivity index (χ3n) is 4.94. The van der Waals surface area contributed by atoms with Crippen LogP contribution in [-0.2, 0) is 20.5 Å². The Morgan fingerprint density at radius 1 is 1.32 bits per heavy atom. The van der Waals surface area contributed by atoms with E-state index in [1.54, 1.807) is 31.3 Å². The highest BCUT2D eigenvalue weighted by molar-refractivity contribution is 5.99. The lowest BCUT2D eigenvalue weighted by molar-refractivity contribution is 0.0953. The number of fused-ring (bicyclic) bond motifs is 2. The fraction of sp³-hybridized carbons (Fsp3) is 0.238. The zero-order valence-electron chi connectivity index (χ0n) is 17.1. The Kier molecular flexibility index (Phi) is 5.20. The second-order valence-electron chi connectivity index (χ2n) is 7.00. The van der Waals surface area contributed by atoms with Gasteiger partial charge in [-0.25, -0.2) is 9.78 Å². The van der Waals surface area contributed by atoms with E-state index < -0.39 is 11.2 Å². The molecule has 0 aliphatic carbocycles. The number of nitrogens with one attached hydrogen (secondary N) is 2. The van der Waals surface area contributed by atoms with Gasteiger partial charge < -0.3 is 19.5 Å². The Bertz CT molecular complexity index is 1420. The summed E-state index contributed by atoms with van der Waals surface area (Å²) in [4.78, 5) is 44.2. The number of hydrogen-bond acceptors (Lipinski definition) is 6. The van der Waals surface area contributed by atoms with Gasteiger partial charge in [0.15, 0.2) is 5.65 Å². The van der Waals surface area contributed by atoms with Crippen LogP contribution >= 0.6 is 0 Å². The van der Waals surface area contributed by atoms with Crippen molar-refractivity contribution in [2.45, 2.75) is 6.42 Å². The maximum atomic E-state index is 12.6. The van der Waals surface area contributed by atoms with Crippen LogP contribution in [0.4, 0.5) is 0 Å². The minimum absolute atomic E-state index is 0.248. The first-order chi connectivity index (χ1) is 14.9. The van der Waals surface area contributed by atoms with Crippen molar-refractivity contribution < 1.29 is 13.9 Å². The van der Waals surface area contributed by atoms with Gasteiger partial charge >= 0.3 is 5.69 Å². The highest BCUT2D eigenvalue weighted by atomic mass is 16.5. The Balaban J connectivity index is 1.50. The van der Waals surface area contributed by atoms with Crippen LogP contribution in [0.25, 0.3) is 22.1 Å². The normalized spacial score (nSPS) is 11.2. The second-order valence-corrected chi connectivity index (χ2v) is 7.00. The summed E-state index contributed by atoms with van der Waals surface area (Å²) < 4.78 is 13.4. The number of rotatable bonds is 7. The molecule has 0 radical (unpaired) electrons. The summed E-state index contributed by atoms with van der Waals surface area (Å²) in [5, 5.41) is 3.59. The molecule has 3 heterocycles. The molecule has 1 amide bonds. The molecule has 0 atom stereocenters. The molecule has 10 nitrogen and oxygen atoms in total. The molecule has 160 valence electrons. The van der Waals surface area contributed by atoms with E-state index >= 15 is 0 Å². The van der Waals surface area contributed by atoms with Gasteiger partial charge in [-0.3, -0.25) is 18.7 Å². The quantitative estimate of drug-likeness (QED) is 0.431. The van der Waals surface area contributed by atoms with Crippen LogP contribution in [-0.4, -0.2) is 38.2 Å². The topological polar surface area (TPSA) is 124 Å². The third kappa shape index (κ3) is 3.63. The molecular formula is C21H21N5O5. The fourth-order valence-corrected chi connectivity index (χ4v) is 3.33. The first-order valence-electron chi connectivity index (χ1n) is 9.58. The molecule has 2 N–H and O–H groups in total. The number of aromatic nitrogens is 4. The molecule has 0 saturated carbocycles. The average Bonchev–Trinajstić information content (AvgIpc) is 3.41. The van der Waals surface area contributed by atoms with Crippen molar-refractivity contribution in [2.24, 2.45) is 14.1 Å². The van der Waals surface area contributed by atoms with E-state index in [0.29, 0.717) is 35.7 Å². The number of carbonyl (C=O) groups is 1. The molecule has 0 bridgehead atoms. The molecule has 0 unspecified atom stereocenters. The number of ether oxygens (including phenoxy) is 1. The summed E-state index contributed by atoms with van der Waals surface area (Å²) in [7, 11) is 2.96. The van der Waals surface area contributed by atoms with Crippen LogP contribution in [0.1, 0.15) is 16.2 Å². The highest BCUT2D eigenvalue weighted by Crippen LogP contribution is 2.28. The van der Waals surface area contributed by atoms with Gasteiger partial charge in [-0.2, -0.15) is 0 Å². The van der Waals surface area contributed by atoms with E-state index in [0.717, 1.165) is 9.95 Å². The number of H-pyrrole nitrogens is 1. The number of nitrogens with zero attached hydrogens (tertiary/aromatic N) is 3. The van der Waals surface area contributed by atoms with Gasteiger partial charge in [-0.15, -0.1) is 0 Å². The predicted octanol–water partition coefficient (Wildman–Crippen LogP) is 1.24. The summed E-state index contributed by atoms with van der Waals surface area (Å²) in [5.74, 6) is 0.719. The van der Waals surface area contributed by atoms with E-state index in [1.165, 1.54) is 17.9 Å². The summed E-state index contributed by atoms with van der Waals surface area (Å²) in [5.41, 5.74) is 0.564. The van der Waals surface area contributed by atoms with Crippen molar-refractivity contribution in [1.29, 1.82) is 0 Å². The predicted molar refractivity (Wildman–Crippen MR) is 115 cm³/mol. The molecular weight excluding hydrogens is 402 g/mol. The van der Waals surface area contributed by atoms with Crippen molar-refractivity contribution in [3.05, 3.63) is 69.3 Å². The van der Waals surface area contributed by atoms with Gasteiger partial charge in [0.05, 0.1) is 11.6 Å². The fourth-order valence-electron chi connectivity index (χ4n) is 3.33. The van der Waals surface area contributed by atoms with Crippen LogP contribution in [0.15, 0.2) is 51.1 Å². The van der Waals surface area contributed by atoms with Crippen LogP contribution in [0.5, 0.6) is 5.75 Å². The number of benzene rings is 1. The maximum Gasteiger partial charge on any atom is 0.332 e. The molecule has 0 spiro atoms. The van der Waals surface area contributed by atoms with E-state index in [1.807, 2.05) is 0 Å². The molecule has 0 saturated heterocycles. The third-order valence-corrected chi connectivity index (χ3v) is 4.94. The maximum absolute atomic E-state index is 12.6. The van der Waals surface area contributed by atoms with Gasteiger partial charge in [0.2, 0.25) is 0 Å². The largest absolute Gasteiger partial charge is 0.489 e. The molecule has 31 heavy (non-hydrogen) atoms. The van der Waals surface area contributed by atoms with Gasteiger partial charge in [-0.1, -0.05) is 12.7 Å². The van der Waals surface area contributed by atoms with E-state index in [4.69, 9.17) is 9.15 Å². The molecule has 0 aliphatic rings. The molecule has 1 aromatic carbocycles. The lowest BCUT2D eigenvalue weighted by Crippen LogP contribution is -2.36. The van der Waals surface area contributed by atoms with Crippen molar-refractivity contribution in [1.82, 2.24) is 24.4 Å². The molecule has 0 aliphatic heterocycles. The van der Waals surface area contributed by atoms with Gasteiger partial charge in [0.1, 0.15) is 29.3 Å². The number of aromatic amines is 1. The van der Waals surface area contributed by atoms with Crippen molar-refractivity contribution in [3.8, 4) is 5.75 Å². The van der Waals surface area contributed by atoms with Gasteiger partial charge in [0, 0.05) is 32.6 Å². The second kappa shape index (κ2) is 7.98. The molecule has 4 rings (SSSR count). The summed E-state index contributed by atoms with van der Waals surface area (Å²) >= 11 is 0. The van der Waals surface area contributed by atoms with Crippen molar-refractivity contribution in [2.75, 3.05) is 13.2 Å². The van der Waals surface area contributed by atoms with Gasteiger partial charge in [0.25, 0.3) is 11.5 Å². The van der Waals surface area contributed by atoms with Crippen LogP contribution < -0.4 is 21.3 Å². The molecule has 4 aromatic rings. The zero-order valence-corrected chi connectivity index (χ0v) is 17.1. The minimum Gasteiger partial charge on any atom is -0.489 e. The number of carbonyl (C=O) groups excluding carboxylic acids is 1. The number of imidazole rings is 1. The molecule has 0 fully saturated rings. The summed E-state index contributed by atoms with van der Waals surface area (Å²) in [6.07, 6.45) is 3.50. The lowest BCUT2D eigenvalue weighted by atomic mass is 10.1. The first-order valence-corrected chi connectivity index (χ1v) is 9.58. The number of aryl methyl sites for hydroxylation is 1. The van der Waals surface area contributed by atoms with Gasteiger partial charge in [-0.05, 0) is 18.2 Å². The molecule has 10 heteroatoms.